The molecule has 30 heavy (non-hydrogen) atoms. The maximum Gasteiger partial charge on any atom is 0.375 e. The van der Waals surface area contributed by atoms with E-state index in [2.05, 4.69) is 5.32 Å². The van der Waals surface area contributed by atoms with Crippen molar-refractivity contribution in [2.45, 2.75) is 33.2 Å². The molecule has 3 aromatic rings. The van der Waals surface area contributed by atoms with Gasteiger partial charge in [0, 0.05) is 28.9 Å². The average Bonchev–Trinajstić information content (AvgIpc) is 3.01. The Morgan fingerprint density at radius 1 is 1.07 bits per heavy atom. The summed E-state index contributed by atoms with van der Waals surface area (Å²) in [6, 6.07) is 11.6. The molecule has 7 nitrogen and oxygen atoms in total. The Labute approximate surface area is 175 Å². The largest absolute Gasteiger partial charge is 0.450 e. The van der Waals surface area contributed by atoms with Crippen molar-refractivity contribution in [3.05, 3.63) is 47.7 Å². The van der Waals surface area contributed by atoms with E-state index in [1.807, 2.05) is 57.2 Å². The van der Waals surface area contributed by atoms with Gasteiger partial charge in [-0.05, 0) is 33.1 Å². The van der Waals surface area contributed by atoms with Crippen molar-refractivity contribution in [1.29, 1.82) is 0 Å². The van der Waals surface area contributed by atoms with Crippen LogP contribution in [0.3, 0.4) is 0 Å². The van der Waals surface area contributed by atoms with Crippen molar-refractivity contribution < 1.29 is 23.5 Å². The zero-order valence-corrected chi connectivity index (χ0v) is 17.9. The van der Waals surface area contributed by atoms with Gasteiger partial charge >= 0.3 is 5.97 Å². The number of hydrogen-bond donors (Lipinski definition) is 1. The van der Waals surface area contributed by atoms with Crippen molar-refractivity contribution >= 4 is 39.5 Å². The van der Waals surface area contributed by atoms with Gasteiger partial charge in [0.15, 0.2) is 6.61 Å². The highest BCUT2D eigenvalue weighted by atomic mass is 16.5. The molecular formula is C23H26N2O5. The third-order valence-corrected chi connectivity index (χ3v) is 4.66. The van der Waals surface area contributed by atoms with E-state index in [1.54, 1.807) is 6.92 Å². The van der Waals surface area contributed by atoms with Crippen molar-refractivity contribution in [1.82, 2.24) is 10.2 Å². The topological polar surface area (TPSA) is 88.9 Å². The minimum Gasteiger partial charge on any atom is -0.450 e. The van der Waals surface area contributed by atoms with Crippen LogP contribution < -0.4 is 5.32 Å². The number of carbonyl (C=O) groups is 3. The number of aryl methyl sites for hydroxylation is 1. The van der Waals surface area contributed by atoms with E-state index in [-0.39, 0.29) is 18.2 Å². The van der Waals surface area contributed by atoms with E-state index >= 15 is 0 Å². The second-order valence-electron chi connectivity index (χ2n) is 8.34. The molecule has 1 heterocycles. The van der Waals surface area contributed by atoms with Crippen LogP contribution in [-0.4, -0.2) is 48.4 Å². The lowest BCUT2D eigenvalue weighted by molar-refractivity contribution is -0.137. The Balaban J connectivity index is 1.68. The summed E-state index contributed by atoms with van der Waals surface area (Å²) >= 11 is 0. The van der Waals surface area contributed by atoms with E-state index in [0.717, 1.165) is 16.2 Å². The Bertz CT molecular complexity index is 1120. The maximum absolute atomic E-state index is 12.5. The monoisotopic (exact) mass is 410 g/mol. The normalized spacial score (nSPS) is 11.5. The molecule has 0 atom stereocenters. The highest BCUT2D eigenvalue weighted by Crippen LogP contribution is 2.32. The molecule has 0 aliphatic carbocycles. The number of benzene rings is 2. The predicted octanol–water partition coefficient (Wildman–Crippen LogP) is 3.42. The molecule has 2 amide bonds. The van der Waals surface area contributed by atoms with Gasteiger partial charge in [-0.1, -0.05) is 36.4 Å². The molecule has 0 fully saturated rings. The van der Waals surface area contributed by atoms with Crippen molar-refractivity contribution in [2.24, 2.45) is 0 Å². The van der Waals surface area contributed by atoms with Gasteiger partial charge in [-0.2, -0.15) is 0 Å². The van der Waals surface area contributed by atoms with Gasteiger partial charge < -0.3 is 19.4 Å². The SMILES string of the molecule is Cc1c(C(=O)OCC(=O)N(C)CC(=O)NC(C)(C)C)oc2c1ccc1ccccc12. The van der Waals surface area contributed by atoms with Crippen LogP contribution in [0.2, 0.25) is 0 Å². The van der Waals surface area contributed by atoms with Crippen LogP contribution in [0.1, 0.15) is 36.9 Å². The Morgan fingerprint density at radius 3 is 2.47 bits per heavy atom. The first-order valence-electron chi connectivity index (χ1n) is 9.70. The van der Waals surface area contributed by atoms with E-state index in [0.29, 0.717) is 11.1 Å². The third kappa shape index (κ3) is 4.62. The van der Waals surface area contributed by atoms with Crippen LogP contribution in [0.15, 0.2) is 40.8 Å². The molecule has 1 N–H and O–H groups in total. The maximum atomic E-state index is 12.5. The number of ether oxygens (including phenoxy) is 1. The average molecular weight is 410 g/mol. The summed E-state index contributed by atoms with van der Waals surface area (Å²) in [7, 11) is 1.48. The molecule has 1 aromatic heterocycles. The van der Waals surface area contributed by atoms with Gasteiger partial charge in [0.1, 0.15) is 5.58 Å². The van der Waals surface area contributed by atoms with E-state index in [4.69, 9.17) is 9.15 Å². The van der Waals surface area contributed by atoms with Crippen molar-refractivity contribution in [2.75, 3.05) is 20.2 Å². The van der Waals surface area contributed by atoms with Gasteiger partial charge in [0.2, 0.25) is 11.7 Å². The van der Waals surface area contributed by atoms with Gasteiger partial charge in [-0.15, -0.1) is 0 Å². The van der Waals surface area contributed by atoms with E-state index in [1.165, 1.54) is 11.9 Å². The molecule has 7 heteroatoms. The number of esters is 1. The number of fused-ring (bicyclic) bond motifs is 3. The fraction of sp³-hybridized carbons (Fsp3) is 0.348. The molecule has 0 unspecified atom stereocenters. The lowest BCUT2D eigenvalue weighted by Gasteiger charge is -2.23. The highest BCUT2D eigenvalue weighted by Gasteiger charge is 2.23. The fourth-order valence-electron chi connectivity index (χ4n) is 3.21. The lowest BCUT2D eigenvalue weighted by Crippen LogP contribution is -2.46. The second kappa shape index (κ2) is 8.18. The molecule has 0 spiro atoms. The molecule has 0 bridgehead atoms. The summed E-state index contributed by atoms with van der Waals surface area (Å²) < 4.78 is 11.0. The number of rotatable bonds is 5. The Kier molecular flexibility index (Phi) is 5.82. The number of carbonyl (C=O) groups excluding carboxylic acids is 3. The minimum atomic E-state index is -0.714. The molecule has 0 radical (unpaired) electrons. The number of nitrogens with one attached hydrogen (secondary N) is 1. The van der Waals surface area contributed by atoms with E-state index in [9.17, 15) is 14.4 Å². The molecule has 0 saturated carbocycles. The number of likely N-dealkylation sites (N-methyl/N-ethyl adjacent to an activating group) is 1. The lowest BCUT2D eigenvalue weighted by atomic mass is 10.1. The summed E-state index contributed by atoms with van der Waals surface area (Å²) in [6.07, 6.45) is 0. The van der Waals surface area contributed by atoms with Gasteiger partial charge in [-0.25, -0.2) is 4.79 Å². The van der Waals surface area contributed by atoms with Crippen molar-refractivity contribution in [3.8, 4) is 0 Å². The summed E-state index contributed by atoms with van der Waals surface area (Å²) in [5.74, 6) is -1.41. The van der Waals surface area contributed by atoms with Crippen LogP contribution in [0.4, 0.5) is 0 Å². The third-order valence-electron chi connectivity index (χ3n) is 4.66. The molecule has 158 valence electrons. The Hall–Kier alpha value is -3.35. The molecule has 3 rings (SSSR count). The zero-order valence-electron chi connectivity index (χ0n) is 17.9. The molecule has 2 aromatic carbocycles. The first-order valence-corrected chi connectivity index (χ1v) is 9.70. The van der Waals surface area contributed by atoms with Crippen LogP contribution in [0.5, 0.6) is 0 Å². The van der Waals surface area contributed by atoms with Crippen LogP contribution >= 0.6 is 0 Å². The number of amides is 2. The molecule has 0 aliphatic rings. The predicted molar refractivity (Wildman–Crippen MR) is 114 cm³/mol. The fourth-order valence-corrected chi connectivity index (χ4v) is 3.21. The summed E-state index contributed by atoms with van der Waals surface area (Å²) in [5, 5.41) is 5.50. The molecule has 0 saturated heterocycles. The van der Waals surface area contributed by atoms with Gasteiger partial charge in [0.25, 0.3) is 5.91 Å². The number of hydrogen-bond acceptors (Lipinski definition) is 5. The first-order chi connectivity index (χ1) is 14.1. The van der Waals surface area contributed by atoms with Gasteiger partial charge in [-0.3, -0.25) is 9.59 Å². The molecular weight excluding hydrogens is 384 g/mol. The molecule has 0 aliphatic heterocycles. The summed E-state index contributed by atoms with van der Waals surface area (Å²) in [6.45, 7) is 6.74. The zero-order chi connectivity index (χ0) is 22.1. The van der Waals surface area contributed by atoms with Crippen LogP contribution in [0, 0.1) is 6.92 Å². The number of nitrogens with zero attached hydrogens (tertiary/aromatic N) is 1. The van der Waals surface area contributed by atoms with E-state index < -0.39 is 24.0 Å². The quantitative estimate of drug-likeness (QED) is 0.651. The summed E-state index contributed by atoms with van der Waals surface area (Å²) in [4.78, 5) is 38.0. The summed E-state index contributed by atoms with van der Waals surface area (Å²) in [5.41, 5.74) is 0.877. The number of furan rings is 1. The Morgan fingerprint density at radius 2 is 1.77 bits per heavy atom. The van der Waals surface area contributed by atoms with Gasteiger partial charge in [0.05, 0.1) is 6.54 Å². The van der Waals surface area contributed by atoms with Crippen LogP contribution in [0.25, 0.3) is 21.7 Å². The smallest absolute Gasteiger partial charge is 0.375 e. The van der Waals surface area contributed by atoms with Crippen LogP contribution in [-0.2, 0) is 14.3 Å². The minimum absolute atomic E-state index is 0.0716. The standard InChI is InChI=1S/C23H26N2O5/c1-14-16-11-10-15-8-6-7-9-17(15)21(16)30-20(14)22(28)29-13-19(27)25(5)12-18(26)24-23(2,3)4/h6-11H,12-13H2,1-5H3,(H,24,26). The van der Waals surface area contributed by atoms with Crippen molar-refractivity contribution in [3.63, 3.8) is 0 Å². The highest BCUT2D eigenvalue weighted by molar-refractivity contribution is 6.08. The second-order valence-corrected chi connectivity index (χ2v) is 8.34. The first kappa shape index (κ1) is 21.4.